The molecule has 0 spiro atoms. The fourth-order valence-corrected chi connectivity index (χ4v) is 3.46. The number of benzene rings is 1. The first-order valence-electron chi connectivity index (χ1n) is 7.09. The van der Waals surface area contributed by atoms with Crippen molar-refractivity contribution < 1.29 is 27.4 Å². The van der Waals surface area contributed by atoms with Crippen molar-refractivity contribution in [2.75, 3.05) is 19.5 Å². The van der Waals surface area contributed by atoms with Gasteiger partial charge in [-0.15, -0.1) is 0 Å². The second-order valence-electron chi connectivity index (χ2n) is 5.64. The number of sulfone groups is 1. The topological polar surface area (TPSA) is 80.7 Å². The zero-order chi connectivity index (χ0) is 16.3. The van der Waals surface area contributed by atoms with Gasteiger partial charge in [-0.2, -0.15) is 0 Å². The van der Waals surface area contributed by atoms with Gasteiger partial charge in [-0.05, 0) is 42.9 Å². The van der Waals surface area contributed by atoms with E-state index in [4.69, 9.17) is 4.74 Å². The lowest BCUT2D eigenvalue weighted by molar-refractivity contribution is -0.139. The summed E-state index contributed by atoms with van der Waals surface area (Å²) in [4.78, 5) is 11.1. The molecule has 0 bridgehead atoms. The molecule has 22 heavy (non-hydrogen) atoms. The summed E-state index contributed by atoms with van der Waals surface area (Å²) in [5.74, 6) is -2.56. The Labute approximate surface area is 129 Å². The number of ether oxygens (including phenoxy) is 1. The first kappa shape index (κ1) is 16.9. The van der Waals surface area contributed by atoms with Crippen LogP contribution in [0.4, 0.5) is 4.39 Å². The van der Waals surface area contributed by atoms with E-state index >= 15 is 0 Å². The molecule has 1 aromatic carbocycles. The van der Waals surface area contributed by atoms with E-state index < -0.39 is 32.4 Å². The molecule has 0 radical (unpaired) electrons. The average molecular weight is 330 g/mol. The second-order valence-corrected chi connectivity index (χ2v) is 7.63. The summed E-state index contributed by atoms with van der Waals surface area (Å²) >= 11 is 0. The summed E-state index contributed by atoms with van der Waals surface area (Å²) in [6, 6.07) is 3.55. The maximum Gasteiger partial charge on any atom is 0.310 e. The summed E-state index contributed by atoms with van der Waals surface area (Å²) in [7, 11) is -3.66. The molecule has 1 N–H and O–H groups in total. The molecule has 7 heteroatoms. The number of halogens is 1. The highest BCUT2D eigenvalue weighted by Gasteiger charge is 2.27. The fourth-order valence-electron chi connectivity index (χ4n) is 2.73. The SMILES string of the molecule is CS(=O)(=O)c1ccc(C(CC2CCOCC2)C(=O)O)cc1F. The van der Waals surface area contributed by atoms with Gasteiger partial charge in [0.25, 0.3) is 0 Å². The van der Waals surface area contributed by atoms with Gasteiger partial charge in [-0.1, -0.05) is 6.07 Å². The molecule has 1 unspecified atom stereocenters. The molecule has 0 amide bonds. The van der Waals surface area contributed by atoms with Crippen molar-refractivity contribution in [3.63, 3.8) is 0 Å². The van der Waals surface area contributed by atoms with Crippen LogP contribution in [-0.4, -0.2) is 39.0 Å². The van der Waals surface area contributed by atoms with Crippen LogP contribution in [0.2, 0.25) is 0 Å². The van der Waals surface area contributed by atoms with Crippen LogP contribution in [0.3, 0.4) is 0 Å². The van der Waals surface area contributed by atoms with Gasteiger partial charge in [0.15, 0.2) is 9.84 Å². The molecule has 1 aliphatic heterocycles. The Kier molecular flexibility index (Phi) is 5.18. The average Bonchev–Trinajstić information content (AvgIpc) is 2.44. The van der Waals surface area contributed by atoms with Crippen molar-refractivity contribution >= 4 is 15.8 Å². The van der Waals surface area contributed by atoms with Crippen molar-refractivity contribution in [1.29, 1.82) is 0 Å². The minimum atomic E-state index is -3.66. The number of aliphatic carboxylic acids is 1. The number of rotatable bonds is 5. The molecule has 1 aliphatic rings. The first-order chi connectivity index (χ1) is 10.3. The van der Waals surface area contributed by atoms with E-state index in [1.165, 1.54) is 6.07 Å². The zero-order valence-corrected chi connectivity index (χ0v) is 13.1. The van der Waals surface area contributed by atoms with Crippen molar-refractivity contribution in [2.45, 2.75) is 30.1 Å². The summed E-state index contributed by atoms with van der Waals surface area (Å²) in [6.07, 6.45) is 2.89. The second kappa shape index (κ2) is 6.75. The largest absolute Gasteiger partial charge is 0.481 e. The van der Waals surface area contributed by atoms with Gasteiger partial charge in [-0.3, -0.25) is 4.79 Å². The van der Waals surface area contributed by atoms with Crippen molar-refractivity contribution in [3.8, 4) is 0 Å². The van der Waals surface area contributed by atoms with Crippen LogP contribution in [0.1, 0.15) is 30.7 Å². The molecular formula is C15H19FO5S. The van der Waals surface area contributed by atoms with Crippen molar-refractivity contribution in [3.05, 3.63) is 29.6 Å². The van der Waals surface area contributed by atoms with E-state index in [0.717, 1.165) is 31.2 Å². The maximum absolute atomic E-state index is 14.0. The Balaban J connectivity index is 2.25. The van der Waals surface area contributed by atoms with Crippen molar-refractivity contribution in [2.24, 2.45) is 5.92 Å². The van der Waals surface area contributed by atoms with Gasteiger partial charge in [-0.25, -0.2) is 12.8 Å². The Morgan fingerprint density at radius 2 is 2.05 bits per heavy atom. The molecule has 0 aliphatic carbocycles. The highest BCUT2D eigenvalue weighted by molar-refractivity contribution is 7.90. The predicted octanol–water partition coefficient (Wildman–Crippen LogP) is 2.21. The van der Waals surface area contributed by atoms with E-state index in [1.807, 2.05) is 0 Å². The van der Waals surface area contributed by atoms with E-state index in [1.54, 1.807) is 0 Å². The van der Waals surface area contributed by atoms with Crippen LogP contribution in [0.25, 0.3) is 0 Å². The Morgan fingerprint density at radius 1 is 1.41 bits per heavy atom. The molecule has 1 heterocycles. The third kappa shape index (κ3) is 4.04. The number of hydrogen-bond donors (Lipinski definition) is 1. The minimum absolute atomic E-state index is 0.215. The predicted molar refractivity (Wildman–Crippen MR) is 78.0 cm³/mol. The normalized spacial score (nSPS) is 18.1. The summed E-state index contributed by atoms with van der Waals surface area (Å²) < 4.78 is 42.0. The van der Waals surface area contributed by atoms with Gasteiger partial charge in [0.05, 0.1) is 5.92 Å². The molecule has 5 nitrogen and oxygen atoms in total. The van der Waals surface area contributed by atoms with Gasteiger partial charge >= 0.3 is 5.97 Å². The molecule has 0 aromatic heterocycles. The van der Waals surface area contributed by atoms with E-state index in [-0.39, 0.29) is 5.92 Å². The molecule has 0 saturated carbocycles. The first-order valence-corrected chi connectivity index (χ1v) is 8.98. The van der Waals surface area contributed by atoms with Crippen LogP contribution in [0.5, 0.6) is 0 Å². The van der Waals surface area contributed by atoms with Gasteiger partial charge in [0, 0.05) is 19.5 Å². The highest BCUT2D eigenvalue weighted by atomic mass is 32.2. The van der Waals surface area contributed by atoms with E-state index in [0.29, 0.717) is 25.2 Å². The number of carboxylic acids is 1. The quantitative estimate of drug-likeness (QED) is 0.895. The molecule has 2 rings (SSSR count). The van der Waals surface area contributed by atoms with Gasteiger partial charge in [0.2, 0.25) is 0 Å². The Bertz CT molecular complexity index is 650. The van der Waals surface area contributed by atoms with E-state index in [9.17, 15) is 22.7 Å². The van der Waals surface area contributed by atoms with Crippen LogP contribution in [0, 0.1) is 11.7 Å². The molecule has 1 atom stereocenters. The molecule has 1 fully saturated rings. The summed E-state index contributed by atoms with van der Waals surface area (Å²) in [6.45, 7) is 1.22. The number of carboxylic acid groups (broad SMARTS) is 1. The Hall–Kier alpha value is -1.47. The van der Waals surface area contributed by atoms with Crippen molar-refractivity contribution in [1.82, 2.24) is 0 Å². The lowest BCUT2D eigenvalue weighted by atomic mass is 9.85. The monoisotopic (exact) mass is 330 g/mol. The summed E-state index contributed by atoms with van der Waals surface area (Å²) in [5, 5.41) is 9.41. The fraction of sp³-hybridized carbons (Fsp3) is 0.533. The third-order valence-corrected chi connectivity index (χ3v) is 5.10. The molecular weight excluding hydrogens is 311 g/mol. The lowest BCUT2D eigenvalue weighted by Gasteiger charge is -2.25. The third-order valence-electron chi connectivity index (χ3n) is 3.97. The van der Waals surface area contributed by atoms with Crippen LogP contribution < -0.4 is 0 Å². The highest BCUT2D eigenvalue weighted by Crippen LogP contribution is 2.31. The smallest absolute Gasteiger partial charge is 0.310 e. The van der Waals surface area contributed by atoms with Crippen LogP contribution in [-0.2, 0) is 19.4 Å². The maximum atomic E-state index is 14.0. The summed E-state index contributed by atoms with van der Waals surface area (Å²) in [5.41, 5.74) is 0.295. The molecule has 1 saturated heterocycles. The van der Waals surface area contributed by atoms with E-state index in [2.05, 4.69) is 0 Å². The zero-order valence-electron chi connectivity index (χ0n) is 12.3. The van der Waals surface area contributed by atoms with Gasteiger partial charge in [0.1, 0.15) is 10.7 Å². The molecule has 122 valence electrons. The van der Waals surface area contributed by atoms with Crippen LogP contribution >= 0.6 is 0 Å². The van der Waals surface area contributed by atoms with Gasteiger partial charge < -0.3 is 9.84 Å². The standard InChI is InChI=1S/C15H19FO5S/c1-22(19,20)14-3-2-11(9-13(14)16)12(15(17)18)8-10-4-6-21-7-5-10/h2-3,9-10,12H,4-8H2,1H3,(H,17,18). The number of carbonyl (C=O) groups is 1. The minimum Gasteiger partial charge on any atom is -0.481 e. The van der Waals surface area contributed by atoms with Crippen LogP contribution in [0.15, 0.2) is 23.1 Å². The Morgan fingerprint density at radius 3 is 2.55 bits per heavy atom. The lowest BCUT2D eigenvalue weighted by Crippen LogP contribution is -2.22. The molecule has 1 aromatic rings. The number of hydrogen-bond acceptors (Lipinski definition) is 4.